The van der Waals surface area contributed by atoms with Gasteiger partial charge in [0.05, 0.1) is 23.6 Å². The summed E-state index contributed by atoms with van der Waals surface area (Å²) in [6.07, 6.45) is 0. The summed E-state index contributed by atoms with van der Waals surface area (Å²) in [4.78, 5) is 26.7. The second kappa shape index (κ2) is 6.94. The van der Waals surface area contributed by atoms with Crippen molar-refractivity contribution < 1.29 is 23.5 Å². The first kappa shape index (κ1) is 19.8. The Balaban J connectivity index is 1.89. The second-order valence-corrected chi connectivity index (χ2v) is 7.47. The van der Waals surface area contributed by atoms with E-state index in [1.165, 1.54) is 22.9 Å². The first-order chi connectivity index (χ1) is 15.4. The van der Waals surface area contributed by atoms with E-state index < -0.39 is 23.1 Å². The minimum absolute atomic E-state index is 0.0540. The highest BCUT2D eigenvalue weighted by molar-refractivity contribution is 6.17. The number of benzene rings is 2. The molecule has 1 unspecified atom stereocenters. The lowest BCUT2D eigenvalue weighted by Crippen LogP contribution is -2.46. The number of hydrogen-bond acceptors (Lipinski definition) is 6. The van der Waals surface area contributed by atoms with E-state index in [1.807, 2.05) is 30.3 Å². The fourth-order valence-electron chi connectivity index (χ4n) is 4.47. The molecule has 0 saturated heterocycles. The van der Waals surface area contributed by atoms with Crippen LogP contribution < -0.4 is 15.8 Å². The maximum atomic E-state index is 14.4. The maximum absolute atomic E-state index is 14.4. The number of para-hydroxylation sites is 1. The van der Waals surface area contributed by atoms with Crippen LogP contribution in [-0.4, -0.2) is 28.3 Å². The van der Waals surface area contributed by atoms with E-state index in [1.54, 1.807) is 13.8 Å². The SMILES string of the molecule is CCOC(=O)C1=C(N)Oc2c(c(C)nn2-c2ccccc2)C12C(=O)Nc1ccc(F)cc12. The van der Waals surface area contributed by atoms with Gasteiger partial charge in [0, 0.05) is 11.3 Å². The number of aryl methyl sites for hydroxylation is 1. The summed E-state index contributed by atoms with van der Waals surface area (Å²) >= 11 is 0. The molecule has 1 atom stereocenters. The number of carbonyl (C=O) groups excluding carboxylic acids is 2. The van der Waals surface area contributed by atoms with E-state index in [2.05, 4.69) is 10.4 Å². The summed E-state index contributed by atoms with van der Waals surface area (Å²) in [7, 11) is 0. The third-order valence-electron chi connectivity index (χ3n) is 5.68. The molecule has 0 radical (unpaired) electrons. The Hall–Kier alpha value is -4.14. The van der Waals surface area contributed by atoms with Crippen molar-refractivity contribution in [2.75, 3.05) is 11.9 Å². The summed E-state index contributed by atoms with van der Waals surface area (Å²) in [6, 6.07) is 13.0. The molecule has 0 aliphatic carbocycles. The number of nitrogens with zero attached hydrogens (tertiary/aromatic N) is 2. The van der Waals surface area contributed by atoms with E-state index >= 15 is 0 Å². The predicted octanol–water partition coefficient (Wildman–Crippen LogP) is 2.68. The van der Waals surface area contributed by atoms with Crippen molar-refractivity contribution in [2.45, 2.75) is 19.3 Å². The van der Waals surface area contributed by atoms with Crippen LogP contribution in [0.4, 0.5) is 10.1 Å². The van der Waals surface area contributed by atoms with Gasteiger partial charge in [0.25, 0.3) is 0 Å². The molecule has 162 valence electrons. The van der Waals surface area contributed by atoms with E-state index in [4.69, 9.17) is 15.2 Å². The van der Waals surface area contributed by atoms with E-state index in [9.17, 15) is 14.0 Å². The largest absolute Gasteiger partial charge is 0.462 e. The third kappa shape index (κ3) is 2.51. The molecule has 1 amide bonds. The van der Waals surface area contributed by atoms with Crippen molar-refractivity contribution in [1.29, 1.82) is 0 Å². The molecule has 2 aromatic carbocycles. The number of amides is 1. The molecule has 3 heterocycles. The minimum atomic E-state index is -1.78. The number of fused-ring (bicyclic) bond motifs is 4. The van der Waals surface area contributed by atoms with Crippen molar-refractivity contribution in [3.63, 3.8) is 0 Å². The lowest BCUT2D eigenvalue weighted by Gasteiger charge is -2.34. The number of esters is 1. The van der Waals surface area contributed by atoms with Gasteiger partial charge in [-0.05, 0) is 44.2 Å². The van der Waals surface area contributed by atoms with Gasteiger partial charge in [-0.15, -0.1) is 0 Å². The highest BCUT2D eigenvalue weighted by atomic mass is 19.1. The first-order valence-electron chi connectivity index (χ1n) is 10.0. The van der Waals surface area contributed by atoms with Gasteiger partial charge in [-0.25, -0.2) is 13.9 Å². The van der Waals surface area contributed by atoms with Gasteiger partial charge in [0.2, 0.25) is 17.7 Å². The zero-order valence-electron chi connectivity index (χ0n) is 17.3. The molecule has 0 bridgehead atoms. The molecule has 5 rings (SSSR count). The van der Waals surface area contributed by atoms with Gasteiger partial charge in [-0.2, -0.15) is 5.10 Å². The van der Waals surface area contributed by atoms with Gasteiger partial charge < -0.3 is 20.5 Å². The maximum Gasteiger partial charge on any atom is 0.341 e. The average Bonchev–Trinajstić information content (AvgIpc) is 3.24. The Morgan fingerprint density at radius 3 is 2.75 bits per heavy atom. The zero-order valence-corrected chi connectivity index (χ0v) is 17.3. The van der Waals surface area contributed by atoms with Crippen LogP contribution in [0.2, 0.25) is 0 Å². The summed E-state index contributed by atoms with van der Waals surface area (Å²) in [5.74, 6) is -2.09. The fraction of sp³-hybridized carbons (Fsp3) is 0.174. The van der Waals surface area contributed by atoms with Gasteiger partial charge in [0.1, 0.15) is 16.8 Å². The van der Waals surface area contributed by atoms with Gasteiger partial charge in [-0.3, -0.25) is 4.79 Å². The number of aromatic nitrogens is 2. The molecule has 2 aliphatic heterocycles. The van der Waals surface area contributed by atoms with Crippen molar-refractivity contribution in [2.24, 2.45) is 5.73 Å². The van der Waals surface area contributed by atoms with Crippen molar-refractivity contribution in [3.05, 3.63) is 82.6 Å². The van der Waals surface area contributed by atoms with Crippen LogP contribution in [-0.2, 0) is 19.7 Å². The Labute approximate surface area is 182 Å². The van der Waals surface area contributed by atoms with Crippen LogP contribution in [0, 0.1) is 12.7 Å². The first-order valence-corrected chi connectivity index (χ1v) is 10.0. The highest BCUT2D eigenvalue weighted by Gasteiger charge is 2.61. The van der Waals surface area contributed by atoms with E-state index in [0.29, 0.717) is 22.6 Å². The van der Waals surface area contributed by atoms with Crippen LogP contribution >= 0.6 is 0 Å². The fourth-order valence-corrected chi connectivity index (χ4v) is 4.47. The Bertz CT molecular complexity index is 1320. The molecule has 3 aromatic rings. The van der Waals surface area contributed by atoms with Gasteiger partial charge in [0.15, 0.2) is 0 Å². The summed E-state index contributed by atoms with van der Waals surface area (Å²) in [5, 5.41) is 7.32. The molecule has 1 spiro atoms. The number of ether oxygens (including phenoxy) is 2. The second-order valence-electron chi connectivity index (χ2n) is 7.47. The number of nitrogens with two attached hydrogens (primary N) is 1. The molecule has 32 heavy (non-hydrogen) atoms. The molecule has 1 aromatic heterocycles. The molecule has 9 heteroatoms. The molecule has 0 fully saturated rings. The molecular weight excluding hydrogens is 415 g/mol. The number of nitrogens with one attached hydrogen (secondary N) is 1. The monoisotopic (exact) mass is 434 g/mol. The standard InChI is InChI=1S/C23H19FN4O4/c1-3-31-21(29)18-19(25)32-20-17(12(2)27-28(20)14-7-5-4-6-8-14)23(18)15-11-13(24)9-10-16(15)26-22(23)30/h4-11H,3,25H2,1-2H3,(H,26,30). The average molecular weight is 434 g/mol. The van der Waals surface area contributed by atoms with Crippen molar-refractivity contribution in [3.8, 4) is 11.6 Å². The zero-order chi connectivity index (χ0) is 22.6. The Morgan fingerprint density at radius 1 is 1.28 bits per heavy atom. The normalized spacial score (nSPS) is 18.8. The van der Waals surface area contributed by atoms with Crippen molar-refractivity contribution in [1.82, 2.24) is 9.78 Å². The van der Waals surface area contributed by atoms with E-state index in [-0.39, 0.29) is 29.5 Å². The van der Waals surface area contributed by atoms with E-state index in [0.717, 1.165) is 0 Å². The van der Waals surface area contributed by atoms with Crippen molar-refractivity contribution >= 4 is 17.6 Å². The van der Waals surface area contributed by atoms with Gasteiger partial charge >= 0.3 is 5.97 Å². The quantitative estimate of drug-likeness (QED) is 0.614. The Kier molecular flexibility index (Phi) is 4.30. The lowest BCUT2D eigenvalue weighted by atomic mass is 9.68. The smallest absolute Gasteiger partial charge is 0.341 e. The number of rotatable bonds is 3. The lowest BCUT2D eigenvalue weighted by molar-refractivity contribution is -0.140. The summed E-state index contributed by atoms with van der Waals surface area (Å²) in [6.45, 7) is 3.38. The predicted molar refractivity (Wildman–Crippen MR) is 113 cm³/mol. The van der Waals surface area contributed by atoms with Crippen LogP contribution in [0.5, 0.6) is 5.88 Å². The van der Waals surface area contributed by atoms with Crippen LogP contribution in [0.25, 0.3) is 5.69 Å². The highest BCUT2D eigenvalue weighted by Crippen LogP contribution is 2.55. The molecule has 2 aliphatic rings. The summed E-state index contributed by atoms with van der Waals surface area (Å²) < 4.78 is 27.0. The number of carbonyl (C=O) groups is 2. The van der Waals surface area contributed by atoms with Crippen LogP contribution in [0.1, 0.15) is 23.7 Å². The molecule has 0 saturated carbocycles. The Morgan fingerprint density at radius 2 is 2.03 bits per heavy atom. The van der Waals surface area contributed by atoms with Crippen LogP contribution in [0.15, 0.2) is 60.0 Å². The number of halogens is 1. The molecular formula is C23H19FN4O4. The van der Waals surface area contributed by atoms with Gasteiger partial charge in [-0.1, -0.05) is 18.2 Å². The molecule has 8 nitrogen and oxygen atoms in total. The molecule has 3 N–H and O–H groups in total. The summed E-state index contributed by atoms with van der Waals surface area (Å²) in [5.41, 5.74) is 6.25. The topological polar surface area (TPSA) is 108 Å². The van der Waals surface area contributed by atoms with Crippen LogP contribution in [0.3, 0.4) is 0 Å². The number of hydrogen-bond donors (Lipinski definition) is 2. The number of anilines is 1. The third-order valence-corrected chi connectivity index (χ3v) is 5.68. The minimum Gasteiger partial charge on any atom is -0.462 e.